The first kappa shape index (κ1) is 18.9. The Morgan fingerprint density at radius 1 is 1.00 bits per heavy atom. The molecule has 0 amide bonds. The standard InChI is InChI=1S/C15H30O3S/c1-2-3-4-5-6-7-8-9-10-11-15(18)19-13-14(17)12-16/h14,16-17H,2-13H2,1H3. The van der Waals surface area contributed by atoms with Gasteiger partial charge >= 0.3 is 0 Å². The first-order chi connectivity index (χ1) is 9.20. The maximum atomic E-state index is 11.4. The maximum absolute atomic E-state index is 11.4. The van der Waals surface area contributed by atoms with Gasteiger partial charge < -0.3 is 10.2 Å². The van der Waals surface area contributed by atoms with Gasteiger partial charge in [0.15, 0.2) is 5.12 Å². The molecule has 0 heterocycles. The second-order valence-electron chi connectivity index (χ2n) is 5.10. The van der Waals surface area contributed by atoms with Crippen molar-refractivity contribution in [2.45, 2.75) is 77.2 Å². The van der Waals surface area contributed by atoms with E-state index in [4.69, 9.17) is 10.2 Å². The largest absolute Gasteiger partial charge is 0.394 e. The van der Waals surface area contributed by atoms with Crippen molar-refractivity contribution in [1.82, 2.24) is 0 Å². The molecule has 3 nitrogen and oxygen atoms in total. The summed E-state index contributed by atoms with van der Waals surface area (Å²) < 4.78 is 0. The summed E-state index contributed by atoms with van der Waals surface area (Å²) in [4.78, 5) is 11.4. The van der Waals surface area contributed by atoms with E-state index < -0.39 is 6.10 Å². The van der Waals surface area contributed by atoms with E-state index in [0.29, 0.717) is 12.2 Å². The van der Waals surface area contributed by atoms with Crippen LogP contribution in [-0.4, -0.2) is 33.8 Å². The minimum atomic E-state index is -0.767. The van der Waals surface area contributed by atoms with Crippen molar-refractivity contribution in [2.75, 3.05) is 12.4 Å². The lowest BCUT2D eigenvalue weighted by Crippen LogP contribution is -2.15. The molecule has 0 fully saturated rings. The number of rotatable bonds is 13. The van der Waals surface area contributed by atoms with Gasteiger partial charge in [0.1, 0.15) is 0 Å². The smallest absolute Gasteiger partial charge is 0.189 e. The topological polar surface area (TPSA) is 57.5 Å². The predicted molar refractivity (Wildman–Crippen MR) is 82.4 cm³/mol. The molecule has 0 spiro atoms. The van der Waals surface area contributed by atoms with E-state index in [1.807, 2.05) is 0 Å². The van der Waals surface area contributed by atoms with Crippen molar-refractivity contribution in [1.29, 1.82) is 0 Å². The van der Waals surface area contributed by atoms with Gasteiger partial charge in [0.05, 0.1) is 12.7 Å². The summed E-state index contributed by atoms with van der Waals surface area (Å²) in [5.41, 5.74) is 0. The van der Waals surface area contributed by atoms with Crippen LogP contribution in [0.25, 0.3) is 0 Å². The zero-order chi connectivity index (χ0) is 14.3. The predicted octanol–water partition coefficient (Wildman–Crippen LogP) is 3.52. The Bertz CT molecular complexity index is 210. The molecule has 4 heteroatoms. The Balaban J connectivity index is 3.18. The highest BCUT2D eigenvalue weighted by molar-refractivity contribution is 8.13. The normalized spacial score (nSPS) is 12.6. The van der Waals surface area contributed by atoms with E-state index in [2.05, 4.69) is 6.92 Å². The van der Waals surface area contributed by atoms with Gasteiger partial charge in [-0.15, -0.1) is 0 Å². The molecule has 1 unspecified atom stereocenters. The lowest BCUT2D eigenvalue weighted by Gasteiger charge is -2.05. The summed E-state index contributed by atoms with van der Waals surface area (Å²) in [5.74, 6) is 0.312. The number of hydrogen-bond acceptors (Lipinski definition) is 4. The molecule has 0 aromatic carbocycles. The molecule has 0 aromatic heterocycles. The third kappa shape index (κ3) is 14.2. The van der Waals surface area contributed by atoms with Crippen LogP contribution in [0.15, 0.2) is 0 Å². The van der Waals surface area contributed by atoms with Crippen LogP contribution in [0.4, 0.5) is 0 Å². The third-order valence-electron chi connectivity index (χ3n) is 3.13. The minimum Gasteiger partial charge on any atom is -0.394 e. The van der Waals surface area contributed by atoms with Crippen LogP contribution in [0.1, 0.15) is 71.1 Å². The quantitative estimate of drug-likeness (QED) is 0.510. The second kappa shape index (κ2) is 14.4. The number of carbonyl (C=O) groups is 1. The van der Waals surface area contributed by atoms with Crippen LogP contribution in [0.2, 0.25) is 0 Å². The maximum Gasteiger partial charge on any atom is 0.189 e. The van der Waals surface area contributed by atoms with Crippen LogP contribution >= 0.6 is 11.8 Å². The highest BCUT2D eigenvalue weighted by Gasteiger charge is 2.07. The van der Waals surface area contributed by atoms with Crippen LogP contribution in [0, 0.1) is 0 Å². The Labute approximate surface area is 122 Å². The average Bonchev–Trinajstić information content (AvgIpc) is 2.42. The highest BCUT2D eigenvalue weighted by Crippen LogP contribution is 2.14. The summed E-state index contributed by atoms with van der Waals surface area (Å²) in [6.07, 6.45) is 11.1. The number of aliphatic hydroxyl groups excluding tert-OH is 2. The average molecular weight is 290 g/mol. The summed E-state index contributed by atoms with van der Waals surface area (Å²) in [5, 5.41) is 17.9. The molecule has 0 rings (SSSR count). The van der Waals surface area contributed by atoms with Crippen molar-refractivity contribution in [3.8, 4) is 0 Å². The first-order valence-electron chi connectivity index (χ1n) is 7.65. The fourth-order valence-electron chi connectivity index (χ4n) is 1.89. The zero-order valence-electron chi connectivity index (χ0n) is 12.3. The third-order valence-corrected chi connectivity index (χ3v) is 4.21. The number of hydrogen-bond donors (Lipinski definition) is 2. The van der Waals surface area contributed by atoms with E-state index in [9.17, 15) is 4.79 Å². The van der Waals surface area contributed by atoms with Crippen molar-refractivity contribution in [3.63, 3.8) is 0 Å². The highest BCUT2D eigenvalue weighted by atomic mass is 32.2. The molecule has 114 valence electrons. The van der Waals surface area contributed by atoms with Gasteiger partial charge in [-0.25, -0.2) is 0 Å². The van der Waals surface area contributed by atoms with Crippen LogP contribution < -0.4 is 0 Å². The Morgan fingerprint density at radius 3 is 2.05 bits per heavy atom. The van der Waals surface area contributed by atoms with Crippen molar-refractivity contribution in [2.24, 2.45) is 0 Å². The lowest BCUT2D eigenvalue weighted by molar-refractivity contribution is -0.111. The van der Waals surface area contributed by atoms with Gasteiger partial charge in [0.25, 0.3) is 0 Å². The Hall–Kier alpha value is -0.0600. The fourth-order valence-corrected chi connectivity index (χ4v) is 2.67. The van der Waals surface area contributed by atoms with Crippen molar-refractivity contribution in [3.05, 3.63) is 0 Å². The molecule has 0 aliphatic rings. The van der Waals surface area contributed by atoms with Gasteiger partial charge in [-0.2, -0.15) is 0 Å². The van der Waals surface area contributed by atoms with Gasteiger partial charge in [-0.1, -0.05) is 70.1 Å². The lowest BCUT2D eigenvalue weighted by atomic mass is 10.1. The number of thioether (sulfide) groups is 1. The second-order valence-corrected chi connectivity index (χ2v) is 6.18. The fraction of sp³-hybridized carbons (Fsp3) is 0.933. The molecule has 0 aromatic rings. The van der Waals surface area contributed by atoms with Gasteiger partial charge in [-0.3, -0.25) is 4.79 Å². The number of aliphatic hydroxyl groups is 2. The summed E-state index contributed by atoms with van der Waals surface area (Å²) in [6, 6.07) is 0. The molecule has 19 heavy (non-hydrogen) atoms. The molecule has 0 aliphatic carbocycles. The molecule has 0 saturated carbocycles. The summed E-state index contributed by atoms with van der Waals surface area (Å²) in [6.45, 7) is 1.97. The van der Waals surface area contributed by atoms with Gasteiger partial charge in [0.2, 0.25) is 0 Å². The zero-order valence-corrected chi connectivity index (χ0v) is 13.1. The van der Waals surface area contributed by atoms with E-state index >= 15 is 0 Å². The first-order valence-corrected chi connectivity index (χ1v) is 8.63. The summed E-state index contributed by atoms with van der Waals surface area (Å²) >= 11 is 1.14. The van der Waals surface area contributed by atoms with Gasteiger partial charge in [0, 0.05) is 12.2 Å². The Morgan fingerprint density at radius 2 is 1.53 bits per heavy atom. The van der Waals surface area contributed by atoms with Gasteiger partial charge in [-0.05, 0) is 6.42 Å². The molecule has 0 radical (unpaired) electrons. The van der Waals surface area contributed by atoms with E-state index in [0.717, 1.165) is 24.6 Å². The van der Waals surface area contributed by atoms with Crippen molar-refractivity contribution >= 4 is 16.9 Å². The minimum absolute atomic E-state index is 0.135. The summed E-state index contributed by atoms with van der Waals surface area (Å²) in [7, 11) is 0. The van der Waals surface area contributed by atoms with E-state index in [1.165, 1.54) is 44.9 Å². The van der Waals surface area contributed by atoms with E-state index in [-0.39, 0.29) is 11.7 Å². The molecule has 0 bridgehead atoms. The SMILES string of the molecule is CCCCCCCCCCCC(=O)SCC(O)CO. The number of unbranched alkanes of at least 4 members (excludes halogenated alkanes) is 8. The van der Waals surface area contributed by atoms with Crippen molar-refractivity contribution < 1.29 is 15.0 Å². The Kier molecular flexibility index (Phi) is 14.3. The molecule has 0 saturated heterocycles. The van der Waals surface area contributed by atoms with Crippen LogP contribution in [0.5, 0.6) is 0 Å². The molecule has 1 atom stereocenters. The monoisotopic (exact) mass is 290 g/mol. The number of carbonyl (C=O) groups excluding carboxylic acids is 1. The van der Waals surface area contributed by atoms with Crippen LogP contribution in [-0.2, 0) is 4.79 Å². The van der Waals surface area contributed by atoms with Crippen LogP contribution in [0.3, 0.4) is 0 Å². The molecular formula is C15H30O3S. The van der Waals surface area contributed by atoms with E-state index in [1.54, 1.807) is 0 Å². The molecule has 0 aliphatic heterocycles. The molecule has 2 N–H and O–H groups in total. The molecular weight excluding hydrogens is 260 g/mol.